The molecule has 1 amide bonds. The summed E-state index contributed by atoms with van der Waals surface area (Å²) < 4.78 is 28.5. The number of nitriles is 1. The summed E-state index contributed by atoms with van der Waals surface area (Å²) in [5, 5.41) is 12.0. The van der Waals surface area contributed by atoms with Crippen LogP contribution >= 0.6 is 0 Å². The van der Waals surface area contributed by atoms with Crippen LogP contribution in [0.25, 0.3) is 6.08 Å². The van der Waals surface area contributed by atoms with Crippen LogP contribution in [0, 0.1) is 36.8 Å². The van der Waals surface area contributed by atoms with Gasteiger partial charge in [-0.15, -0.1) is 0 Å². The van der Waals surface area contributed by atoms with E-state index in [0.717, 1.165) is 36.0 Å². The van der Waals surface area contributed by atoms with Gasteiger partial charge in [-0.3, -0.25) is 4.79 Å². The Kier molecular flexibility index (Phi) is 6.89. The third kappa shape index (κ3) is 5.27. The van der Waals surface area contributed by atoms with Gasteiger partial charge in [-0.2, -0.15) is 5.26 Å². The summed E-state index contributed by atoms with van der Waals surface area (Å²) in [5.74, 6) is -1.82. The molecule has 1 aromatic carbocycles. The van der Waals surface area contributed by atoms with Crippen molar-refractivity contribution < 1.29 is 13.6 Å². The summed E-state index contributed by atoms with van der Waals surface area (Å²) in [7, 11) is 0. The third-order valence-corrected chi connectivity index (χ3v) is 4.35. The van der Waals surface area contributed by atoms with E-state index < -0.39 is 17.5 Å². The summed E-state index contributed by atoms with van der Waals surface area (Å²) >= 11 is 0. The van der Waals surface area contributed by atoms with E-state index in [1.807, 2.05) is 26.0 Å². The van der Waals surface area contributed by atoms with E-state index in [1.54, 1.807) is 6.08 Å². The standard InChI is InChI=1S/C21H23F2N3O/c1-4-7-26-14(2)8-17(15(26)3)11-18(13-24)21(27)25-6-5-16-9-19(22)12-20(23)10-16/h8-12H,4-7H2,1-3H3,(H,25,27)/b18-11+. The minimum atomic E-state index is -0.656. The van der Waals surface area contributed by atoms with Gasteiger partial charge in [0, 0.05) is 30.5 Å². The number of halogens is 2. The SMILES string of the molecule is CCCn1c(C)cc(/C=C(\C#N)C(=O)NCCc2cc(F)cc(F)c2)c1C. The molecule has 4 nitrogen and oxygen atoms in total. The van der Waals surface area contributed by atoms with Gasteiger partial charge < -0.3 is 9.88 Å². The second-order valence-electron chi connectivity index (χ2n) is 6.43. The van der Waals surface area contributed by atoms with E-state index in [-0.39, 0.29) is 18.5 Å². The second kappa shape index (κ2) is 9.13. The lowest BCUT2D eigenvalue weighted by atomic mass is 10.1. The molecule has 0 aliphatic heterocycles. The molecule has 0 bridgehead atoms. The number of nitrogens with one attached hydrogen (secondary N) is 1. The Hall–Kier alpha value is -2.94. The van der Waals surface area contributed by atoms with Gasteiger partial charge in [0.15, 0.2) is 0 Å². The second-order valence-corrected chi connectivity index (χ2v) is 6.43. The highest BCUT2D eigenvalue weighted by Crippen LogP contribution is 2.18. The van der Waals surface area contributed by atoms with Crippen LogP contribution in [0.1, 0.15) is 35.9 Å². The predicted molar refractivity (Wildman–Crippen MR) is 101 cm³/mol. The Labute approximate surface area is 158 Å². The minimum Gasteiger partial charge on any atom is -0.351 e. The molecular weight excluding hydrogens is 348 g/mol. The van der Waals surface area contributed by atoms with Crippen LogP contribution in [-0.4, -0.2) is 17.0 Å². The summed E-state index contributed by atoms with van der Waals surface area (Å²) in [5.41, 5.74) is 3.35. The highest BCUT2D eigenvalue weighted by Gasteiger charge is 2.12. The number of rotatable bonds is 7. The predicted octanol–water partition coefficient (Wildman–Crippen LogP) is 4.06. The van der Waals surface area contributed by atoms with Crippen LogP contribution in [0.2, 0.25) is 0 Å². The van der Waals surface area contributed by atoms with E-state index in [2.05, 4.69) is 16.8 Å². The van der Waals surface area contributed by atoms with Crippen LogP contribution < -0.4 is 5.32 Å². The molecule has 0 spiro atoms. The van der Waals surface area contributed by atoms with Crippen molar-refractivity contribution in [1.29, 1.82) is 5.26 Å². The fourth-order valence-electron chi connectivity index (χ4n) is 3.02. The van der Waals surface area contributed by atoms with Crippen LogP contribution in [-0.2, 0) is 17.8 Å². The number of aryl methyl sites for hydroxylation is 1. The quantitative estimate of drug-likeness (QED) is 0.589. The van der Waals surface area contributed by atoms with Gasteiger partial charge in [0.1, 0.15) is 23.3 Å². The highest BCUT2D eigenvalue weighted by atomic mass is 19.1. The molecule has 0 aliphatic carbocycles. The van der Waals surface area contributed by atoms with E-state index in [4.69, 9.17) is 0 Å². The first-order valence-corrected chi connectivity index (χ1v) is 8.87. The lowest BCUT2D eigenvalue weighted by molar-refractivity contribution is -0.117. The molecule has 0 saturated heterocycles. The molecule has 1 heterocycles. The van der Waals surface area contributed by atoms with Crippen molar-refractivity contribution in [3.05, 3.63) is 64.0 Å². The summed E-state index contributed by atoms with van der Waals surface area (Å²) in [4.78, 5) is 12.3. The average molecular weight is 371 g/mol. The van der Waals surface area contributed by atoms with Crippen LogP contribution in [0.4, 0.5) is 8.78 Å². The van der Waals surface area contributed by atoms with Gasteiger partial charge in [0.2, 0.25) is 0 Å². The van der Waals surface area contributed by atoms with Crippen molar-refractivity contribution in [3.63, 3.8) is 0 Å². The molecule has 1 aromatic heterocycles. The zero-order valence-electron chi connectivity index (χ0n) is 15.8. The van der Waals surface area contributed by atoms with Crippen molar-refractivity contribution in [1.82, 2.24) is 9.88 Å². The lowest BCUT2D eigenvalue weighted by Crippen LogP contribution is -2.26. The van der Waals surface area contributed by atoms with Crippen molar-refractivity contribution in [2.75, 3.05) is 6.54 Å². The number of hydrogen-bond donors (Lipinski definition) is 1. The number of aromatic nitrogens is 1. The Bertz CT molecular complexity index is 887. The Morgan fingerprint density at radius 3 is 2.48 bits per heavy atom. The number of hydrogen-bond acceptors (Lipinski definition) is 2. The van der Waals surface area contributed by atoms with Crippen molar-refractivity contribution >= 4 is 12.0 Å². The Morgan fingerprint density at radius 1 is 1.22 bits per heavy atom. The van der Waals surface area contributed by atoms with E-state index in [0.29, 0.717) is 5.56 Å². The first-order valence-electron chi connectivity index (χ1n) is 8.87. The van der Waals surface area contributed by atoms with Crippen molar-refractivity contribution in [2.24, 2.45) is 0 Å². The molecule has 142 valence electrons. The molecule has 0 saturated carbocycles. The van der Waals surface area contributed by atoms with E-state index in [1.165, 1.54) is 12.1 Å². The van der Waals surface area contributed by atoms with Gasteiger partial charge in [0.25, 0.3) is 5.91 Å². The largest absolute Gasteiger partial charge is 0.351 e. The first-order chi connectivity index (χ1) is 12.8. The first kappa shape index (κ1) is 20.4. The molecule has 2 rings (SSSR count). The molecule has 0 fully saturated rings. The van der Waals surface area contributed by atoms with Crippen LogP contribution in [0.3, 0.4) is 0 Å². The van der Waals surface area contributed by atoms with Gasteiger partial charge in [0.05, 0.1) is 0 Å². The lowest BCUT2D eigenvalue weighted by Gasteiger charge is -2.07. The Balaban J connectivity index is 2.06. The summed E-state index contributed by atoms with van der Waals surface area (Å²) in [6, 6.07) is 7.12. The van der Waals surface area contributed by atoms with Gasteiger partial charge in [-0.25, -0.2) is 8.78 Å². The molecule has 0 atom stereocenters. The van der Waals surface area contributed by atoms with E-state index in [9.17, 15) is 18.8 Å². The maximum Gasteiger partial charge on any atom is 0.261 e. The van der Waals surface area contributed by atoms with Gasteiger partial charge in [-0.1, -0.05) is 6.92 Å². The molecule has 6 heteroatoms. The molecule has 1 N–H and O–H groups in total. The molecular formula is C21H23F2N3O. The maximum absolute atomic E-state index is 13.2. The molecule has 2 aromatic rings. The smallest absolute Gasteiger partial charge is 0.261 e. The van der Waals surface area contributed by atoms with Gasteiger partial charge >= 0.3 is 0 Å². The maximum atomic E-state index is 13.2. The number of amides is 1. The van der Waals surface area contributed by atoms with Gasteiger partial charge in [-0.05, 0) is 62.1 Å². The Morgan fingerprint density at radius 2 is 1.89 bits per heavy atom. The third-order valence-electron chi connectivity index (χ3n) is 4.35. The van der Waals surface area contributed by atoms with E-state index >= 15 is 0 Å². The monoisotopic (exact) mass is 371 g/mol. The zero-order valence-corrected chi connectivity index (χ0v) is 15.8. The van der Waals surface area contributed by atoms with Crippen LogP contribution in [0.5, 0.6) is 0 Å². The highest BCUT2D eigenvalue weighted by molar-refractivity contribution is 6.01. The molecule has 0 radical (unpaired) electrons. The number of benzene rings is 1. The molecule has 0 aliphatic rings. The van der Waals surface area contributed by atoms with Crippen molar-refractivity contribution in [2.45, 2.75) is 40.2 Å². The summed E-state index contributed by atoms with van der Waals surface area (Å²) in [6.45, 7) is 7.09. The zero-order chi connectivity index (χ0) is 20.0. The fraction of sp³-hybridized carbons (Fsp3) is 0.333. The van der Waals surface area contributed by atoms with Crippen LogP contribution in [0.15, 0.2) is 29.8 Å². The number of nitrogens with zero attached hydrogens (tertiary/aromatic N) is 2. The number of carbonyl (C=O) groups excluding carboxylic acids is 1. The van der Waals surface area contributed by atoms with Crippen molar-refractivity contribution in [3.8, 4) is 6.07 Å². The average Bonchev–Trinajstić information content (AvgIpc) is 2.86. The topological polar surface area (TPSA) is 57.8 Å². The minimum absolute atomic E-state index is 0.00262. The normalized spacial score (nSPS) is 11.3. The fourth-order valence-corrected chi connectivity index (χ4v) is 3.02. The number of carbonyl (C=O) groups is 1. The molecule has 0 unspecified atom stereocenters. The summed E-state index contributed by atoms with van der Waals surface area (Å²) in [6.07, 6.45) is 2.83. The molecule has 27 heavy (non-hydrogen) atoms.